The molecule has 0 saturated carbocycles. The topological polar surface area (TPSA) is 148 Å². The van der Waals surface area contributed by atoms with E-state index < -0.39 is 34.2 Å². The molecule has 5 amide bonds. The molecule has 198 valence electrons. The number of nitro groups is 1. The molecule has 0 atom stereocenters. The smallest absolute Gasteiger partial charge is 0.335 e. The van der Waals surface area contributed by atoms with Crippen LogP contribution in [0, 0.1) is 17.0 Å². The van der Waals surface area contributed by atoms with Gasteiger partial charge in [0, 0.05) is 27.9 Å². The summed E-state index contributed by atoms with van der Waals surface area (Å²) in [4.78, 5) is 62.2. The van der Waals surface area contributed by atoms with E-state index in [1.165, 1.54) is 24.3 Å². The van der Waals surface area contributed by atoms with Gasteiger partial charge in [-0.1, -0.05) is 40.2 Å². The molecule has 1 aliphatic rings. The highest BCUT2D eigenvalue weighted by Gasteiger charge is 2.37. The number of benzene rings is 3. The van der Waals surface area contributed by atoms with Gasteiger partial charge in [-0.2, -0.15) is 0 Å². The summed E-state index contributed by atoms with van der Waals surface area (Å²) in [5.74, 6) is -2.24. The quantitative estimate of drug-likeness (QED) is 0.155. The average Bonchev–Trinajstić information content (AvgIpc) is 2.87. The summed E-state index contributed by atoms with van der Waals surface area (Å²) < 4.78 is 6.74. The number of aryl methyl sites for hydroxylation is 1. The van der Waals surface area contributed by atoms with Crippen molar-refractivity contribution >= 4 is 78.8 Å². The number of carbonyl (C=O) groups excluding carboxylic acids is 4. The first kappa shape index (κ1) is 27.7. The summed E-state index contributed by atoms with van der Waals surface area (Å²) in [5.41, 5.74) is 0.868. The normalized spacial score (nSPS) is 14.3. The number of nitrogens with one attached hydrogen (secondary N) is 2. The van der Waals surface area contributed by atoms with Crippen molar-refractivity contribution in [1.29, 1.82) is 0 Å². The summed E-state index contributed by atoms with van der Waals surface area (Å²) >= 11 is 6.72. The number of para-hydroxylation sites is 1. The number of anilines is 2. The molecule has 3 aromatic rings. The minimum Gasteiger partial charge on any atom is -0.482 e. The lowest BCUT2D eigenvalue weighted by Gasteiger charge is -2.26. The number of non-ortho nitro benzene ring substituents is 1. The molecule has 0 bridgehead atoms. The van der Waals surface area contributed by atoms with Gasteiger partial charge in [-0.15, -0.1) is 0 Å². The van der Waals surface area contributed by atoms with Crippen LogP contribution in [0.4, 0.5) is 21.9 Å². The van der Waals surface area contributed by atoms with Crippen LogP contribution in [-0.2, 0) is 14.4 Å². The number of imide groups is 2. The minimum atomic E-state index is -1.05. The van der Waals surface area contributed by atoms with Gasteiger partial charge in [0.2, 0.25) is 0 Å². The molecule has 1 fully saturated rings. The van der Waals surface area contributed by atoms with E-state index in [9.17, 15) is 29.3 Å². The molecule has 0 spiro atoms. The Kier molecular flexibility index (Phi) is 8.21. The average molecular weight is 658 g/mol. The summed E-state index contributed by atoms with van der Waals surface area (Å²) in [5, 5.41) is 16.0. The Hall–Kier alpha value is -4.36. The van der Waals surface area contributed by atoms with E-state index in [1.54, 1.807) is 24.3 Å². The Morgan fingerprint density at radius 2 is 1.85 bits per heavy atom. The molecule has 3 aromatic carbocycles. The van der Waals surface area contributed by atoms with Crippen molar-refractivity contribution in [2.75, 3.05) is 16.8 Å². The molecule has 0 aliphatic carbocycles. The van der Waals surface area contributed by atoms with Crippen molar-refractivity contribution in [3.05, 3.63) is 96.4 Å². The zero-order valence-electron chi connectivity index (χ0n) is 20.1. The van der Waals surface area contributed by atoms with Crippen LogP contribution in [0.1, 0.15) is 11.1 Å². The maximum absolute atomic E-state index is 13.3. The number of nitro benzene ring substituents is 1. The third kappa shape index (κ3) is 6.21. The number of amides is 5. The SMILES string of the molecule is Cc1ccccc1NC(=O)COc1c(Br)cc(Br)cc1/C=C1/C(=O)NC(=O)N(c2cccc([N+](=O)[O-])c2)C1=O. The van der Waals surface area contributed by atoms with Gasteiger partial charge < -0.3 is 10.1 Å². The Morgan fingerprint density at radius 1 is 1.10 bits per heavy atom. The minimum absolute atomic E-state index is 0.0927. The molecule has 1 heterocycles. The van der Waals surface area contributed by atoms with Crippen LogP contribution in [0.15, 0.2) is 75.2 Å². The number of nitrogens with zero attached hydrogens (tertiary/aromatic N) is 2. The fraction of sp³-hybridized carbons (Fsp3) is 0.0769. The van der Waals surface area contributed by atoms with E-state index >= 15 is 0 Å². The maximum atomic E-state index is 13.3. The molecule has 39 heavy (non-hydrogen) atoms. The zero-order valence-corrected chi connectivity index (χ0v) is 23.2. The third-order valence-corrected chi connectivity index (χ3v) is 6.55. The van der Waals surface area contributed by atoms with Crippen LogP contribution in [0.5, 0.6) is 5.75 Å². The predicted molar refractivity (Wildman–Crippen MR) is 149 cm³/mol. The number of hydrogen-bond acceptors (Lipinski definition) is 7. The molecule has 1 saturated heterocycles. The number of rotatable bonds is 7. The zero-order chi connectivity index (χ0) is 28.3. The summed E-state index contributed by atoms with van der Waals surface area (Å²) in [6.07, 6.45) is 1.21. The standard InChI is InChI=1S/C26H18Br2N4O7/c1-14-5-2-3-8-21(14)29-22(33)13-39-23-15(9-16(27)11-20(23)28)10-19-24(34)30-26(36)31(25(19)35)17-6-4-7-18(12-17)32(37)38/h2-12H,13H2,1H3,(H,29,33)(H,30,34,36)/b19-10-. The molecule has 0 radical (unpaired) electrons. The number of hydrogen-bond donors (Lipinski definition) is 2. The van der Waals surface area contributed by atoms with E-state index in [2.05, 4.69) is 42.5 Å². The number of ether oxygens (including phenoxy) is 1. The first-order chi connectivity index (χ1) is 18.5. The second-order valence-electron chi connectivity index (χ2n) is 8.19. The lowest BCUT2D eigenvalue weighted by atomic mass is 10.1. The van der Waals surface area contributed by atoms with E-state index in [0.717, 1.165) is 11.6 Å². The maximum Gasteiger partial charge on any atom is 0.335 e. The van der Waals surface area contributed by atoms with E-state index in [0.29, 0.717) is 19.5 Å². The Morgan fingerprint density at radius 3 is 2.56 bits per heavy atom. The highest BCUT2D eigenvalue weighted by molar-refractivity contribution is 9.11. The third-order valence-electron chi connectivity index (χ3n) is 5.50. The summed E-state index contributed by atoms with van der Waals surface area (Å²) in [7, 11) is 0. The van der Waals surface area contributed by atoms with Crippen molar-refractivity contribution in [1.82, 2.24) is 5.32 Å². The predicted octanol–water partition coefficient (Wildman–Crippen LogP) is 5.11. The van der Waals surface area contributed by atoms with Crippen LogP contribution in [0.2, 0.25) is 0 Å². The molecule has 4 rings (SSSR count). The van der Waals surface area contributed by atoms with Gasteiger partial charge in [-0.25, -0.2) is 9.69 Å². The molecular formula is C26H18Br2N4O7. The monoisotopic (exact) mass is 656 g/mol. The molecule has 2 N–H and O–H groups in total. The number of urea groups is 1. The second-order valence-corrected chi connectivity index (χ2v) is 9.96. The van der Waals surface area contributed by atoms with E-state index in [-0.39, 0.29) is 29.3 Å². The van der Waals surface area contributed by atoms with Gasteiger partial charge in [0.1, 0.15) is 11.3 Å². The lowest BCUT2D eigenvalue weighted by Crippen LogP contribution is -2.54. The largest absolute Gasteiger partial charge is 0.482 e. The van der Waals surface area contributed by atoms with Crippen LogP contribution in [0.3, 0.4) is 0 Å². The van der Waals surface area contributed by atoms with E-state index in [4.69, 9.17) is 4.74 Å². The lowest BCUT2D eigenvalue weighted by molar-refractivity contribution is -0.384. The number of halogens is 2. The van der Waals surface area contributed by atoms with Crippen molar-refractivity contribution in [2.45, 2.75) is 6.92 Å². The van der Waals surface area contributed by atoms with Crippen molar-refractivity contribution in [2.24, 2.45) is 0 Å². The number of carbonyl (C=O) groups is 4. The van der Waals surface area contributed by atoms with Crippen LogP contribution < -0.4 is 20.3 Å². The summed E-state index contributed by atoms with van der Waals surface area (Å²) in [6, 6.07) is 14.3. The van der Waals surface area contributed by atoms with Crippen LogP contribution in [0.25, 0.3) is 6.08 Å². The molecule has 0 aromatic heterocycles. The van der Waals surface area contributed by atoms with E-state index in [1.807, 2.05) is 19.1 Å². The highest BCUT2D eigenvalue weighted by Crippen LogP contribution is 2.35. The van der Waals surface area contributed by atoms with Crippen LogP contribution in [-0.4, -0.2) is 35.3 Å². The van der Waals surface area contributed by atoms with Crippen molar-refractivity contribution in [3.8, 4) is 5.75 Å². The number of barbiturate groups is 1. The van der Waals surface area contributed by atoms with Crippen molar-refractivity contribution < 1.29 is 28.8 Å². The Balaban J connectivity index is 1.65. The summed E-state index contributed by atoms with van der Waals surface area (Å²) in [6.45, 7) is 1.46. The Bertz CT molecular complexity index is 1570. The van der Waals surface area contributed by atoms with Gasteiger partial charge >= 0.3 is 6.03 Å². The van der Waals surface area contributed by atoms with Crippen molar-refractivity contribution in [3.63, 3.8) is 0 Å². The second kappa shape index (κ2) is 11.6. The van der Waals surface area contributed by atoms with Gasteiger partial charge in [-0.3, -0.25) is 29.8 Å². The fourth-order valence-corrected chi connectivity index (χ4v) is 5.04. The van der Waals surface area contributed by atoms with Gasteiger partial charge in [-0.05, 0) is 58.8 Å². The molecule has 11 nitrogen and oxygen atoms in total. The fourth-order valence-electron chi connectivity index (χ4n) is 3.67. The molecular weight excluding hydrogens is 640 g/mol. The van der Waals surface area contributed by atoms with Gasteiger partial charge in [0.15, 0.2) is 6.61 Å². The first-order valence-corrected chi connectivity index (χ1v) is 12.8. The Labute approximate surface area is 238 Å². The molecule has 0 unspecified atom stereocenters. The van der Waals surface area contributed by atoms with Gasteiger partial charge in [0.25, 0.3) is 23.4 Å². The highest BCUT2D eigenvalue weighted by atomic mass is 79.9. The van der Waals surface area contributed by atoms with Crippen LogP contribution >= 0.6 is 31.9 Å². The first-order valence-electron chi connectivity index (χ1n) is 11.2. The molecule has 1 aliphatic heterocycles. The molecule has 13 heteroatoms. The van der Waals surface area contributed by atoms with Gasteiger partial charge in [0.05, 0.1) is 15.1 Å².